The average molecular weight is 471 g/mol. The zero-order valence-corrected chi connectivity index (χ0v) is 19.8. The highest BCUT2D eigenvalue weighted by atomic mass is 32.1. The van der Waals surface area contributed by atoms with Crippen LogP contribution in [0.5, 0.6) is 11.5 Å². The molecule has 1 aliphatic rings. The lowest BCUT2D eigenvalue weighted by atomic mass is 10.2. The van der Waals surface area contributed by atoms with E-state index >= 15 is 0 Å². The summed E-state index contributed by atoms with van der Waals surface area (Å²) in [7, 11) is 0. The van der Waals surface area contributed by atoms with E-state index in [0.717, 1.165) is 46.2 Å². The van der Waals surface area contributed by atoms with Crippen LogP contribution in [0.3, 0.4) is 0 Å². The Labute approximate surface area is 197 Å². The molecule has 1 fully saturated rings. The first-order chi connectivity index (χ1) is 16.1. The highest BCUT2D eigenvalue weighted by Crippen LogP contribution is 2.26. The van der Waals surface area contributed by atoms with Crippen LogP contribution in [0, 0.1) is 6.92 Å². The highest BCUT2D eigenvalue weighted by Gasteiger charge is 2.24. The Morgan fingerprint density at radius 2 is 1.85 bits per heavy atom. The third-order valence-electron chi connectivity index (χ3n) is 5.54. The minimum atomic E-state index is -0.599. The van der Waals surface area contributed by atoms with E-state index in [-0.39, 0.29) is 6.61 Å². The van der Waals surface area contributed by atoms with Crippen molar-refractivity contribution < 1.29 is 19.4 Å². The predicted molar refractivity (Wildman–Crippen MR) is 130 cm³/mol. The maximum atomic E-state index is 11.8. The van der Waals surface area contributed by atoms with Crippen molar-refractivity contribution in [2.45, 2.75) is 20.0 Å². The van der Waals surface area contributed by atoms with Gasteiger partial charge in [-0.2, -0.15) is 0 Å². The van der Waals surface area contributed by atoms with E-state index in [4.69, 9.17) is 9.47 Å². The van der Waals surface area contributed by atoms with Crippen LogP contribution in [-0.4, -0.2) is 78.5 Å². The van der Waals surface area contributed by atoms with E-state index in [0.29, 0.717) is 32.0 Å². The van der Waals surface area contributed by atoms with Gasteiger partial charge in [0.25, 0.3) is 0 Å². The number of β-amino-alcohol motifs (C(OH)–C–C–N with tert-alkyl or cyclic N) is 1. The van der Waals surface area contributed by atoms with Gasteiger partial charge in [0.15, 0.2) is 0 Å². The molecule has 4 rings (SSSR count). The normalized spacial score (nSPS) is 16.0. The molecule has 2 heterocycles. The largest absolute Gasteiger partial charge is 0.494 e. The SMILES string of the molecule is CCOc1ccc(N(C=O)N2CCN(C[C@@H](O)COc3ccc4sc(C)nc4c3)CC2)cc1. The van der Waals surface area contributed by atoms with Gasteiger partial charge in [-0.15, -0.1) is 11.3 Å². The van der Waals surface area contributed by atoms with Crippen LogP contribution in [0.1, 0.15) is 11.9 Å². The third-order valence-corrected chi connectivity index (χ3v) is 6.49. The van der Waals surface area contributed by atoms with Crippen molar-refractivity contribution in [3.8, 4) is 11.5 Å². The van der Waals surface area contributed by atoms with Crippen molar-refractivity contribution in [2.75, 3.05) is 50.9 Å². The van der Waals surface area contributed by atoms with E-state index in [1.807, 2.05) is 61.3 Å². The molecule has 1 N–H and O–H groups in total. The molecule has 9 heteroatoms. The Kier molecular flexibility index (Phi) is 7.77. The number of carbonyl (C=O) groups excluding carboxylic acids is 1. The van der Waals surface area contributed by atoms with Crippen molar-refractivity contribution in [2.24, 2.45) is 0 Å². The molecule has 176 valence electrons. The number of hydrogen-bond acceptors (Lipinski definition) is 8. The number of benzene rings is 2. The van der Waals surface area contributed by atoms with Gasteiger partial charge in [0, 0.05) is 38.8 Å². The van der Waals surface area contributed by atoms with Crippen LogP contribution in [0.15, 0.2) is 42.5 Å². The summed E-state index contributed by atoms with van der Waals surface area (Å²) in [6, 6.07) is 13.3. The Bertz CT molecular complexity index is 1050. The van der Waals surface area contributed by atoms with E-state index in [2.05, 4.69) is 9.88 Å². The van der Waals surface area contributed by atoms with Gasteiger partial charge in [0.1, 0.15) is 24.2 Å². The number of aromatic nitrogens is 1. The number of hydrogen-bond donors (Lipinski definition) is 1. The predicted octanol–water partition coefficient (Wildman–Crippen LogP) is 2.94. The molecule has 1 aromatic heterocycles. The minimum absolute atomic E-state index is 0.224. The van der Waals surface area contributed by atoms with Crippen LogP contribution in [-0.2, 0) is 4.79 Å². The Hall–Kier alpha value is -2.72. The monoisotopic (exact) mass is 470 g/mol. The lowest BCUT2D eigenvalue weighted by Crippen LogP contribution is -2.55. The molecule has 0 spiro atoms. The fourth-order valence-corrected chi connectivity index (χ4v) is 4.75. The summed E-state index contributed by atoms with van der Waals surface area (Å²) >= 11 is 1.66. The summed E-state index contributed by atoms with van der Waals surface area (Å²) < 4.78 is 12.4. The zero-order chi connectivity index (χ0) is 23.2. The Morgan fingerprint density at radius 1 is 1.12 bits per heavy atom. The number of piperazine rings is 1. The first-order valence-corrected chi connectivity index (χ1v) is 12.0. The number of aliphatic hydroxyl groups is 1. The summed E-state index contributed by atoms with van der Waals surface area (Å²) in [5.74, 6) is 1.50. The molecule has 0 bridgehead atoms. The van der Waals surface area contributed by atoms with Crippen molar-refractivity contribution in [3.63, 3.8) is 0 Å². The molecular formula is C24H30N4O4S. The number of ether oxygens (including phenoxy) is 2. The number of nitrogens with zero attached hydrogens (tertiary/aromatic N) is 4. The fraction of sp³-hybridized carbons (Fsp3) is 0.417. The molecular weight excluding hydrogens is 440 g/mol. The van der Waals surface area contributed by atoms with Gasteiger partial charge in [-0.3, -0.25) is 9.69 Å². The molecule has 8 nitrogen and oxygen atoms in total. The highest BCUT2D eigenvalue weighted by molar-refractivity contribution is 7.18. The summed E-state index contributed by atoms with van der Waals surface area (Å²) in [6.07, 6.45) is 0.243. The van der Waals surface area contributed by atoms with Crippen molar-refractivity contribution in [1.29, 1.82) is 0 Å². The van der Waals surface area contributed by atoms with Gasteiger partial charge >= 0.3 is 0 Å². The quantitative estimate of drug-likeness (QED) is 0.457. The van der Waals surface area contributed by atoms with Gasteiger partial charge < -0.3 is 14.6 Å². The van der Waals surface area contributed by atoms with Crippen molar-refractivity contribution >= 4 is 33.7 Å². The number of thiazole rings is 1. The molecule has 0 unspecified atom stereocenters. The standard InChI is InChI=1S/C24H30N4O4S/c1-3-31-21-6-4-19(5-7-21)28(17-29)27-12-10-26(11-13-27)15-20(30)16-32-22-8-9-24-23(14-22)25-18(2)33-24/h4-9,14,17,20,30H,3,10-13,15-16H2,1-2H3/t20-/m1/s1. The molecule has 1 aliphatic heterocycles. The smallest absolute Gasteiger partial charge is 0.228 e. The van der Waals surface area contributed by atoms with Crippen molar-refractivity contribution in [1.82, 2.24) is 14.9 Å². The number of hydrazine groups is 1. The van der Waals surface area contributed by atoms with Crippen LogP contribution in [0.25, 0.3) is 10.2 Å². The summed E-state index contributed by atoms with van der Waals surface area (Å²) in [5.41, 5.74) is 1.73. The second kappa shape index (κ2) is 10.9. The Balaban J connectivity index is 1.24. The van der Waals surface area contributed by atoms with Crippen LogP contribution >= 0.6 is 11.3 Å². The minimum Gasteiger partial charge on any atom is -0.494 e. The van der Waals surface area contributed by atoms with E-state index < -0.39 is 6.10 Å². The van der Waals surface area contributed by atoms with Crippen molar-refractivity contribution in [3.05, 3.63) is 47.5 Å². The van der Waals surface area contributed by atoms with Gasteiger partial charge in [0.2, 0.25) is 6.41 Å². The number of anilines is 1. The van der Waals surface area contributed by atoms with Gasteiger partial charge in [-0.05, 0) is 50.2 Å². The van der Waals surface area contributed by atoms with E-state index in [9.17, 15) is 9.90 Å². The molecule has 3 aromatic rings. The van der Waals surface area contributed by atoms with Gasteiger partial charge in [-0.25, -0.2) is 15.0 Å². The molecule has 0 radical (unpaired) electrons. The summed E-state index contributed by atoms with van der Waals surface area (Å²) in [4.78, 5) is 18.4. The average Bonchev–Trinajstić information content (AvgIpc) is 3.20. The number of aryl methyl sites for hydroxylation is 1. The lowest BCUT2D eigenvalue weighted by Gasteiger charge is -2.39. The first kappa shape index (κ1) is 23.4. The molecule has 0 saturated carbocycles. The van der Waals surface area contributed by atoms with Gasteiger partial charge in [-0.1, -0.05) is 0 Å². The van der Waals surface area contributed by atoms with Gasteiger partial charge in [0.05, 0.1) is 27.5 Å². The lowest BCUT2D eigenvalue weighted by molar-refractivity contribution is -0.110. The summed E-state index contributed by atoms with van der Waals surface area (Å²) in [5, 5.41) is 15.2. The van der Waals surface area contributed by atoms with E-state index in [1.54, 1.807) is 16.3 Å². The molecule has 2 aromatic carbocycles. The molecule has 0 aliphatic carbocycles. The first-order valence-electron chi connectivity index (χ1n) is 11.2. The number of fused-ring (bicyclic) bond motifs is 1. The Morgan fingerprint density at radius 3 is 2.55 bits per heavy atom. The second-order valence-electron chi connectivity index (χ2n) is 7.96. The van der Waals surface area contributed by atoms with Crippen LogP contribution < -0.4 is 14.5 Å². The maximum absolute atomic E-state index is 11.8. The number of amides is 1. The maximum Gasteiger partial charge on any atom is 0.228 e. The fourth-order valence-electron chi connectivity index (χ4n) is 3.94. The molecule has 1 saturated heterocycles. The number of aliphatic hydroxyl groups excluding tert-OH is 1. The van der Waals surface area contributed by atoms with Crippen LogP contribution in [0.4, 0.5) is 5.69 Å². The molecule has 1 amide bonds. The second-order valence-corrected chi connectivity index (χ2v) is 9.19. The number of carbonyl (C=O) groups is 1. The topological polar surface area (TPSA) is 78.4 Å². The molecule has 1 atom stereocenters. The third kappa shape index (κ3) is 6.00. The number of rotatable bonds is 10. The molecule has 33 heavy (non-hydrogen) atoms. The zero-order valence-electron chi connectivity index (χ0n) is 19.0. The summed E-state index contributed by atoms with van der Waals surface area (Å²) in [6.45, 7) is 8.18. The van der Waals surface area contributed by atoms with Crippen LogP contribution in [0.2, 0.25) is 0 Å². The van der Waals surface area contributed by atoms with E-state index in [1.165, 1.54) is 0 Å².